The number of carbonyl (C=O) groups excluding carboxylic acids is 1. The molecule has 1 unspecified atom stereocenters. The summed E-state index contributed by atoms with van der Waals surface area (Å²) >= 11 is 0. The smallest absolute Gasteiger partial charge is 0.240 e. The van der Waals surface area contributed by atoms with Gasteiger partial charge >= 0.3 is 0 Å². The summed E-state index contributed by atoms with van der Waals surface area (Å²) in [6.07, 6.45) is 4.62. The first-order valence-corrected chi connectivity index (χ1v) is 9.38. The van der Waals surface area contributed by atoms with Gasteiger partial charge in [0.25, 0.3) is 0 Å². The Bertz CT molecular complexity index is 399. The van der Waals surface area contributed by atoms with Crippen LogP contribution in [0.3, 0.4) is 0 Å². The highest BCUT2D eigenvalue weighted by molar-refractivity contribution is 5.83. The number of rotatable bonds is 3. The van der Waals surface area contributed by atoms with Crippen molar-refractivity contribution in [1.82, 2.24) is 15.1 Å². The molecule has 23 heavy (non-hydrogen) atoms. The lowest BCUT2D eigenvalue weighted by molar-refractivity contribution is -0.139. The van der Waals surface area contributed by atoms with Gasteiger partial charge in [-0.15, -0.1) is 0 Å². The normalized spacial score (nSPS) is 30.3. The standard InChI is InChI=1S/C18H33N3O2/c1-18(2)6-3-7-19-16(18)17(22)21-8-4-15(5-9-21)14-20-10-12-23-13-11-20/h15-16,19H,3-14H2,1-2H3. The fraction of sp³-hybridized carbons (Fsp3) is 0.944. The molecule has 3 rings (SSSR count). The summed E-state index contributed by atoms with van der Waals surface area (Å²) in [6, 6.07) is 0.00652. The van der Waals surface area contributed by atoms with Gasteiger partial charge in [-0.3, -0.25) is 9.69 Å². The zero-order valence-corrected chi connectivity index (χ0v) is 14.9. The highest BCUT2D eigenvalue weighted by atomic mass is 16.5. The van der Waals surface area contributed by atoms with Crippen LogP contribution in [0.15, 0.2) is 0 Å². The summed E-state index contributed by atoms with van der Waals surface area (Å²) in [5, 5.41) is 3.47. The second-order valence-electron chi connectivity index (χ2n) is 8.16. The Balaban J connectivity index is 1.47. The number of nitrogens with one attached hydrogen (secondary N) is 1. The number of likely N-dealkylation sites (tertiary alicyclic amines) is 1. The molecule has 0 aromatic rings. The number of hydrogen-bond donors (Lipinski definition) is 1. The van der Waals surface area contributed by atoms with Crippen molar-refractivity contribution >= 4 is 5.91 Å². The predicted molar refractivity (Wildman–Crippen MR) is 91.4 cm³/mol. The molecule has 3 aliphatic rings. The van der Waals surface area contributed by atoms with Crippen molar-refractivity contribution < 1.29 is 9.53 Å². The molecule has 0 bridgehead atoms. The van der Waals surface area contributed by atoms with Gasteiger partial charge in [-0.1, -0.05) is 13.8 Å². The number of carbonyl (C=O) groups is 1. The SMILES string of the molecule is CC1(C)CCCNC1C(=O)N1CCC(CN2CCOCC2)CC1. The fourth-order valence-corrected chi connectivity index (χ4v) is 4.30. The summed E-state index contributed by atoms with van der Waals surface area (Å²) in [7, 11) is 0. The lowest BCUT2D eigenvalue weighted by atomic mass is 9.76. The predicted octanol–water partition coefficient (Wildman–Crippen LogP) is 1.34. The third-order valence-electron chi connectivity index (χ3n) is 5.92. The van der Waals surface area contributed by atoms with Crippen LogP contribution in [0.1, 0.15) is 39.5 Å². The van der Waals surface area contributed by atoms with Crippen LogP contribution in [0.2, 0.25) is 0 Å². The first kappa shape index (κ1) is 17.2. The number of morpholine rings is 1. The van der Waals surface area contributed by atoms with Crippen molar-refractivity contribution in [2.24, 2.45) is 11.3 Å². The summed E-state index contributed by atoms with van der Waals surface area (Å²) in [6.45, 7) is 12.4. The number of amides is 1. The van der Waals surface area contributed by atoms with Gasteiger partial charge in [0.15, 0.2) is 0 Å². The molecule has 3 saturated heterocycles. The Hall–Kier alpha value is -0.650. The second kappa shape index (κ2) is 7.49. The average molecular weight is 323 g/mol. The molecule has 0 aromatic heterocycles. The van der Waals surface area contributed by atoms with Crippen LogP contribution in [-0.2, 0) is 9.53 Å². The van der Waals surface area contributed by atoms with E-state index in [1.807, 2.05) is 0 Å². The molecule has 1 atom stereocenters. The van der Waals surface area contributed by atoms with Crippen molar-refractivity contribution in [2.75, 3.05) is 52.5 Å². The monoisotopic (exact) mass is 323 g/mol. The second-order valence-corrected chi connectivity index (χ2v) is 8.16. The summed E-state index contributed by atoms with van der Waals surface area (Å²) in [5.41, 5.74) is 0.0833. The van der Waals surface area contributed by atoms with Gasteiger partial charge in [0, 0.05) is 32.7 Å². The summed E-state index contributed by atoms with van der Waals surface area (Å²) in [5.74, 6) is 1.07. The molecule has 0 saturated carbocycles. The first-order chi connectivity index (χ1) is 11.1. The molecule has 1 N–H and O–H groups in total. The van der Waals surface area contributed by atoms with Gasteiger partial charge in [-0.25, -0.2) is 0 Å². The van der Waals surface area contributed by atoms with Gasteiger partial charge in [-0.05, 0) is 43.6 Å². The Morgan fingerprint density at radius 2 is 1.87 bits per heavy atom. The Labute approximate surface area is 140 Å². The number of ether oxygens (including phenoxy) is 1. The molecule has 132 valence electrons. The van der Waals surface area contributed by atoms with Crippen LogP contribution in [0.25, 0.3) is 0 Å². The zero-order valence-electron chi connectivity index (χ0n) is 14.9. The highest BCUT2D eigenvalue weighted by Gasteiger charge is 2.40. The minimum atomic E-state index is 0.00652. The van der Waals surface area contributed by atoms with Crippen LogP contribution in [0.4, 0.5) is 0 Å². The van der Waals surface area contributed by atoms with Crippen LogP contribution in [-0.4, -0.2) is 74.2 Å². The van der Waals surface area contributed by atoms with Crippen LogP contribution < -0.4 is 5.32 Å². The molecule has 3 fully saturated rings. The van der Waals surface area contributed by atoms with Gasteiger partial charge < -0.3 is 15.0 Å². The van der Waals surface area contributed by atoms with E-state index < -0.39 is 0 Å². The molecule has 0 aliphatic carbocycles. The Morgan fingerprint density at radius 1 is 1.17 bits per heavy atom. The molecular formula is C18H33N3O2. The van der Waals surface area contributed by atoms with E-state index in [1.54, 1.807) is 0 Å². The van der Waals surface area contributed by atoms with Gasteiger partial charge in [0.05, 0.1) is 19.3 Å². The van der Waals surface area contributed by atoms with E-state index in [1.165, 1.54) is 13.0 Å². The Kier molecular flexibility index (Phi) is 5.60. The number of hydrogen-bond acceptors (Lipinski definition) is 4. The molecule has 5 heteroatoms. The topological polar surface area (TPSA) is 44.8 Å². The molecule has 1 amide bonds. The van der Waals surface area contributed by atoms with Gasteiger partial charge in [-0.2, -0.15) is 0 Å². The van der Waals surface area contributed by atoms with E-state index in [0.29, 0.717) is 5.91 Å². The first-order valence-electron chi connectivity index (χ1n) is 9.38. The van der Waals surface area contributed by atoms with E-state index in [-0.39, 0.29) is 11.5 Å². The summed E-state index contributed by atoms with van der Waals surface area (Å²) in [4.78, 5) is 17.5. The van der Waals surface area contributed by atoms with Crippen molar-refractivity contribution in [3.63, 3.8) is 0 Å². The lowest BCUT2D eigenvalue weighted by Crippen LogP contribution is -2.57. The van der Waals surface area contributed by atoms with E-state index in [4.69, 9.17) is 4.74 Å². The average Bonchev–Trinajstić information content (AvgIpc) is 2.55. The minimum absolute atomic E-state index is 0.00652. The lowest BCUT2D eigenvalue weighted by Gasteiger charge is -2.43. The van der Waals surface area contributed by atoms with E-state index in [0.717, 1.165) is 71.1 Å². The summed E-state index contributed by atoms with van der Waals surface area (Å²) < 4.78 is 5.42. The maximum atomic E-state index is 12.9. The fourth-order valence-electron chi connectivity index (χ4n) is 4.30. The third kappa shape index (κ3) is 4.25. The molecule has 0 radical (unpaired) electrons. The number of nitrogens with zero attached hydrogens (tertiary/aromatic N) is 2. The van der Waals surface area contributed by atoms with E-state index in [9.17, 15) is 4.79 Å². The molecule has 3 heterocycles. The Morgan fingerprint density at radius 3 is 2.52 bits per heavy atom. The molecule has 3 aliphatic heterocycles. The van der Waals surface area contributed by atoms with Gasteiger partial charge in [0.1, 0.15) is 0 Å². The maximum absolute atomic E-state index is 12.9. The minimum Gasteiger partial charge on any atom is -0.379 e. The highest BCUT2D eigenvalue weighted by Crippen LogP contribution is 2.32. The molecule has 0 aromatic carbocycles. The molecular weight excluding hydrogens is 290 g/mol. The van der Waals surface area contributed by atoms with Crippen molar-refractivity contribution in [3.8, 4) is 0 Å². The molecule has 0 spiro atoms. The van der Waals surface area contributed by atoms with E-state index >= 15 is 0 Å². The van der Waals surface area contributed by atoms with Crippen LogP contribution in [0, 0.1) is 11.3 Å². The zero-order chi connectivity index (χ0) is 16.3. The number of piperidine rings is 2. The van der Waals surface area contributed by atoms with E-state index in [2.05, 4.69) is 29.0 Å². The maximum Gasteiger partial charge on any atom is 0.240 e. The quantitative estimate of drug-likeness (QED) is 0.851. The largest absolute Gasteiger partial charge is 0.379 e. The van der Waals surface area contributed by atoms with Crippen LogP contribution in [0.5, 0.6) is 0 Å². The van der Waals surface area contributed by atoms with Crippen molar-refractivity contribution in [2.45, 2.75) is 45.6 Å². The third-order valence-corrected chi connectivity index (χ3v) is 5.92. The van der Waals surface area contributed by atoms with Crippen molar-refractivity contribution in [3.05, 3.63) is 0 Å². The van der Waals surface area contributed by atoms with Gasteiger partial charge in [0.2, 0.25) is 5.91 Å². The van der Waals surface area contributed by atoms with Crippen molar-refractivity contribution in [1.29, 1.82) is 0 Å². The molecule has 5 nitrogen and oxygen atoms in total. The van der Waals surface area contributed by atoms with Crippen LogP contribution >= 0.6 is 0 Å².